The zero-order valence-corrected chi connectivity index (χ0v) is 7.18. The van der Waals surface area contributed by atoms with Crippen LogP contribution in [0, 0.1) is 5.92 Å². The molecule has 0 aromatic carbocycles. The van der Waals surface area contributed by atoms with Gasteiger partial charge in [0.2, 0.25) is 0 Å². The van der Waals surface area contributed by atoms with Gasteiger partial charge in [0.05, 0.1) is 0 Å². The van der Waals surface area contributed by atoms with Crippen LogP contribution in [0.1, 0.15) is 19.3 Å². The van der Waals surface area contributed by atoms with Crippen molar-refractivity contribution in [2.75, 3.05) is 13.7 Å². The first-order valence-electron chi connectivity index (χ1n) is 4.17. The first kappa shape index (κ1) is 8.54. The van der Waals surface area contributed by atoms with E-state index in [2.05, 4.69) is 12.7 Å². The summed E-state index contributed by atoms with van der Waals surface area (Å²) in [5.74, 6) is 0.740. The Morgan fingerprint density at radius 1 is 1.82 bits per heavy atom. The summed E-state index contributed by atoms with van der Waals surface area (Å²) in [4.78, 5) is 0. The molecule has 0 saturated heterocycles. The summed E-state index contributed by atoms with van der Waals surface area (Å²) in [5, 5.41) is 0. The highest BCUT2D eigenvalue weighted by Crippen LogP contribution is 2.23. The molecular weight excluding hydrogens is 136 g/mol. The van der Waals surface area contributed by atoms with Gasteiger partial charge in [0, 0.05) is 13.7 Å². The average molecular weight is 152 g/mol. The maximum Gasteiger partial charge on any atom is 0.0493 e. The highest BCUT2D eigenvalue weighted by Gasteiger charge is 2.11. The minimum atomic E-state index is 0.740. The van der Waals surface area contributed by atoms with Gasteiger partial charge in [-0.2, -0.15) is 0 Å². The summed E-state index contributed by atoms with van der Waals surface area (Å²) in [6, 6.07) is 0. The number of ether oxygens (including phenoxy) is 1. The fourth-order valence-electron chi connectivity index (χ4n) is 1.48. The van der Waals surface area contributed by atoms with Crippen LogP contribution >= 0.6 is 0 Å². The standard InChI is InChI=1S/C10H16O/c1-3-9-4-6-10(7-5-9)8-11-2/h3-4,10H,1,5-8H2,2H3. The maximum absolute atomic E-state index is 5.10. The van der Waals surface area contributed by atoms with E-state index in [1.54, 1.807) is 7.11 Å². The Kier molecular flexibility index (Phi) is 3.37. The molecule has 62 valence electrons. The third kappa shape index (κ3) is 2.51. The van der Waals surface area contributed by atoms with Crippen molar-refractivity contribution >= 4 is 0 Å². The molecular formula is C10H16O. The third-order valence-electron chi connectivity index (χ3n) is 2.22. The summed E-state index contributed by atoms with van der Waals surface area (Å²) in [6.45, 7) is 4.66. The number of rotatable bonds is 3. The molecule has 1 nitrogen and oxygen atoms in total. The molecule has 0 fully saturated rings. The lowest BCUT2D eigenvalue weighted by molar-refractivity contribution is 0.147. The van der Waals surface area contributed by atoms with E-state index < -0.39 is 0 Å². The zero-order chi connectivity index (χ0) is 8.10. The van der Waals surface area contributed by atoms with Crippen LogP contribution in [0.25, 0.3) is 0 Å². The molecule has 0 saturated carbocycles. The van der Waals surface area contributed by atoms with Crippen molar-refractivity contribution in [2.24, 2.45) is 5.92 Å². The molecule has 0 aromatic heterocycles. The average Bonchev–Trinajstić information content (AvgIpc) is 2.07. The van der Waals surface area contributed by atoms with Crippen molar-refractivity contribution in [3.05, 3.63) is 24.3 Å². The molecule has 0 heterocycles. The molecule has 0 N–H and O–H groups in total. The van der Waals surface area contributed by atoms with Gasteiger partial charge < -0.3 is 4.74 Å². The molecule has 11 heavy (non-hydrogen) atoms. The van der Waals surface area contributed by atoms with Crippen molar-refractivity contribution in [3.63, 3.8) is 0 Å². The fraction of sp³-hybridized carbons (Fsp3) is 0.600. The van der Waals surface area contributed by atoms with E-state index in [1.165, 1.54) is 18.4 Å². The van der Waals surface area contributed by atoms with E-state index in [0.717, 1.165) is 18.9 Å². The zero-order valence-electron chi connectivity index (χ0n) is 7.18. The number of hydrogen-bond donors (Lipinski definition) is 0. The van der Waals surface area contributed by atoms with E-state index >= 15 is 0 Å². The first-order chi connectivity index (χ1) is 5.36. The SMILES string of the molecule is C=CC1=CCC(COC)CC1. The Morgan fingerprint density at radius 3 is 3.09 bits per heavy atom. The van der Waals surface area contributed by atoms with Crippen LogP contribution in [0.5, 0.6) is 0 Å². The molecule has 1 aliphatic carbocycles. The van der Waals surface area contributed by atoms with Gasteiger partial charge in [-0.3, -0.25) is 0 Å². The van der Waals surface area contributed by atoms with Gasteiger partial charge in [-0.05, 0) is 25.2 Å². The van der Waals surface area contributed by atoms with Crippen LogP contribution in [-0.2, 0) is 4.74 Å². The van der Waals surface area contributed by atoms with E-state index in [0.29, 0.717) is 0 Å². The number of hydrogen-bond acceptors (Lipinski definition) is 1. The van der Waals surface area contributed by atoms with Crippen LogP contribution in [0.3, 0.4) is 0 Å². The molecule has 0 aliphatic heterocycles. The van der Waals surface area contributed by atoms with E-state index in [-0.39, 0.29) is 0 Å². The second-order valence-electron chi connectivity index (χ2n) is 3.08. The van der Waals surface area contributed by atoms with Gasteiger partial charge in [-0.15, -0.1) is 0 Å². The third-order valence-corrected chi connectivity index (χ3v) is 2.22. The normalized spacial score (nSPS) is 24.5. The van der Waals surface area contributed by atoms with Crippen LogP contribution in [-0.4, -0.2) is 13.7 Å². The molecule has 1 heteroatoms. The van der Waals surface area contributed by atoms with Gasteiger partial charge in [0.15, 0.2) is 0 Å². The minimum absolute atomic E-state index is 0.740. The minimum Gasteiger partial charge on any atom is -0.384 e. The number of allylic oxidation sites excluding steroid dienone is 3. The van der Waals surface area contributed by atoms with E-state index in [1.807, 2.05) is 6.08 Å². The lowest BCUT2D eigenvalue weighted by Gasteiger charge is -2.19. The Bertz CT molecular complexity index is 158. The quantitative estimate of drug-likeness (QED) is 0.604. The van der Waals surface area contributed by atoms with Crippen molar-refractivity contribution < 1.29 is 4.74 Å². The highest BCUT2D eigenvalue weighted by atomic mass is 16.5. The Balaban J connectivity index is 2.35. The second-order valence-corrected chi connectivity index (χ2v) is 3.08. The van der Waals surface area contributed by atoms with Gasteiger partial charge in [-0.1, -0.05) is 24.3 Å². The molecule has 0 spiro atoms. The molecule has 1 atom stereocenters. The van der Waals surface area contributed by atoms with Crippen molar-refractivity contribution in [1.29, 1.82) is 0 Å². The lowest BCUT2D eigenvalue weighted by Crippen LogP contribution is -2.10. The largest absolute Gasteiger partial charge is 0.384 e. The predicted molar refractivity (Wildman–Crippen MR) is 47.5 cm³/mol. The molecule has 0 amide bonds. The smallest absolute Gasteiger partial charge is 0.0493 e. The van der Waals surface area contributed by atoms with Gasteiger partial charge in [0.25, 0.3) is 0 Å². The van der Waals surface area contributed by atoms with Crippen LogP contribution in [0.4, 0.5) is 0 Å². The molecule has 0 bridgehead atoms. The summed E-state index contributed by atoms with van der Waals surface area (Å²) in [6.07, 6.45) is 7.83. The maximum atomic E-state index is 5.10. The lowest BCUT2D eigenvalue weighted by atomic mass is 9.90. The fourth-order valence-corrected chi connectivity index (χ4v) is 1.48. The van der Waals surface area contributed by atoms with E-state index in [4.69, 9.17) is 4.74 Å². The summed E-state index contributed by atoms with van der Waals surface area (Å²) >= 11 is 0. The first-order valence-corrected chi connectivity index (χ1v) is 4.17. The van der Waals surface area contributed by atoms with Crippen LogP contribution < -0.4 is 0 Å². The van der Waals surface area contributed by atoms with Crippen molar-refractivity contribution in [2.45, 2.75) is 19.3 Å². The van der Waals surface area contributed by atoms with Gasteiger partial charge in [-0.25, -0.2) is 0 Å². The summed E-state index contributed by atoms with van der Waals surface area (Å²) in [5.41, 5.74) is 1.40. The second kappa shape index (κ2) is 4.35. The molecule has 1 rings (SSSR count). The van der Waals surface area contributed by atoms with E-state index in [9.17, 15) is 0 Å². The number of methoxy groups -OCH3 is 1. The molecule has 1 unspecified atom stereocenters. The van der Waals surface area contributed by atoms with Gasteiger partial charge in [0.1, 0.15) is 0 Å². The van der Waals surface area contributed by atoms with Gasteiger partial charge >= 0.3 is 0 Å². The Hall–Kier alpha value is -0.560. The molecule has 0 radical (unpaired) electrons. The summed E-state index contributed by atoms with van der Waals surface area (Å²) < 4.78 is 5.10. The highest BCUT2D eigenvalue weighted by molar-refractivity contribution is 5.18. The Labute approximate surface area is 68.8 Å². The van der Waals surface area contributed by atoms with Crippen LogP contribution in [0.2, 0.25) is 0 Å². The molecule has 0 aromatic rings. The monoisotopic (exact) mass is 152 g/mol. The topological polar surface area (TPSA) is 9.23 Å². The Morgan fingerprint density at radius 2 is 2.64 bits per heavy atom. The summed E-state index contributed by atoms with van der Waals surface area (Å²) in [7, 11) is 1.77. The van der Waals surface area contributed by atoms with Crippen molar-refractivity contribution in [1.82, 2.24) is 0 Å². The predicted octanol–water partition coefficient (Wildman–Crippen LogP) is 2.55. The van der Waals surface area contributed by atoms with Crippen molar-refractivity contribution in [3.8, 4) is 0 Å². The van der Waals surface area contributed by atoms with Crippen LogP contribution in [0.15, 0.2) is 24.3 Å². The molecule has 1 aliphatic rings.